The fourth-order valence-electron chi connectivity index (χ4n) is 7.55. The van der Waals surface area contributed by atoms with Crippen LogP contribution in [0, 0.1) is 11.8 Å². The van der Waals surface area contributed by atoms with E-state index in [1.807, 2.05) is 18.2 Å². The molecule has 9 nitrogen and oxygen atoms in total. The van der Waals surface area contributed by atoms with Gasteiger partial charge < -0.3 is 56.8 Å². The Morgan fingerprint density at radius 1 is 0.933 bits per heavy atom. The van der Waals surface area contributed by atoms with Gasteiger partial charge in [-0.25, -0.2) is 0 Å². The Labute approximate surface area is 274 Å². The molecule has 1 aliphatic carbocycles. The average Bonchev–Trinajstić information content (AvgIpc) is 3.62. The van der Waals surface area contributed by atoms with E-state index < -0.39 is 11.7 Å². The van der Waals surface area contributed by atoms with Crippen LogP contribution in [0.1, 0.15) is 61.3 Å². The van der Waals surface area contributed by atoms with E-state index >= 15 is 0 Å². The number of quaternary nitrogens is 1. The lowest BCUT2D eigenvalue weighted by molar-refractivity contribution is -0.946. The SMILES string of the molecule is OCc1cc([C@@H](O)CNCCOCCOCC[N+]23CCC(CC2)[C@@H](OC[C@@](O)(c2ccccc2)C2CCCC2)C3)ccc1O.[Cl-]. The highest BCUT2D eigenvalue weighted by atomic mass is 35.5. The maximum atomic E-state index is 11.9. The molecule has 45 heavy (non-hydrogen) atoms. The number of halogens is 1. The Kier molecular flexibility index (Phi) is 13.9. The maximum Gasteiger partial charge on any atom is 0.121 e. The van der Waals surface area contributed by atoms with Crippen LogP contribution in [0.3, 0.4) is 0 Å². The molecule has 0 unspecified atom stereocenters. The molecular weight excluding hydrogens is 596 g/mol. The normalized spacial score (nSPS) is 25.1. The Balaban J connectivity index is 0.00000461. The molecular formula is C35H53ClN2O7. The van der Waals surface area contributed by atoms with Gasteiger partial charge in [0, 0.05) is 37.4 Å². The molecule has 0 amide bonds. The minimum Gasteiger partial charge on any atom is -1.00 e. The highest BCUT2D eigenvalue weighted by molar-refractivity contribution is 5.36. The second-order valence-electron chi connectivity index (χ2n) is 13.1. The quantitative estimate of drug-likeness (QED) is 0.115. The summed E-state index contributed by atoms with van der Waals surface area (Å²) in [6.07, 6.45) is 6.32. The summed E-state index contributed by atoms with van der Waals surface area (Å²) in [5, 5.41) is 44.4. The Hall–Kier alpha value is -1.79. The highest BCUT2D eigenvalue weighted by Crippen LogP contribution is 2.42. The smallest absolute Gasteiger partial charge is 0.121 e. The van der Waals surface area contributed by atoms with E-state index in [0.29, 0.717) is 63.2 Å². The van der Waals surface area contributed by atoms with Gasteiger partial charge in [-0.2, -0.15) is 0 Å². The molecule has 2 aromatic rings. The molecule has 10 heteroatoms. The Bertz CT molecular complexity index is 1140. The topological polar surface area (TPSA) is 121 Å². The second kappa shape index (κ2) is 17.4. The summed E-state index contributed by atoms with van der Waals surface area (Å²) in [6.45, 7) is 7.69. The molecule has 3 saturated heterocycles. The highest BCUT2D eigenvalue weighted by Gasteiger charge is 2.48. The zero-order valence-electron chi connectivity index (χ0n) is 26.5. The molecule has 4 aliphatic rings. The number of aliphatic hydroxyl groups is 3. The molecule has 252 valence electrons. The van der Waals surface area contributed by atoms with Crippen molar-refractivity contribution >= 4 is 0 Å². The molecule has 4 fully saturated rings. The number of phenols is 1. The number of aliphatic hydroxyl groups excluding tert-OH is 2. The Morgan fingerprint density at radius 2 is 1.64 bits per heavy atom. The van der Waals surface area contributed by atoms with Crippen molar-refractivity contribution < 1.29 is 51.5 Å². The Morgan fingerprint density at radius 3 is 2.36 bits per heavy atom. The standard InChI is InChI=1S/C35H52N2O7.ClH/c38-25-29-22-28(10-11-32(29)39)33(40)23-36-14-18-42-20-21-43-19-17-37-15-12-27(13-16-37)34(24-37)44-26-35(41,31-8-4-5-9-31)30-6-2-1-3-7-30;/h1-3,6-7,10-11,22,27,31,33-34,36,38,40-41H,4-5,8-9,12-21,23-26H2;1H/t27?,33-,34-,35+,37?;/m0./s1. The van der Waals surface area contributed by atoms with Crippen molar-refractivity contribution in [2.75, 3.05) is 72.3 Å². The van der Waals surface area contributed by atoms with Crippen LogP contribution in [0.2, 0.25) is 0 Å². The predicted octanol–water partition coefficient (Wildman–Crippen LogP) is 0.248. The van der Waals surface area contributed by atoms with Crippen LogP contribution in [-0.4, -0.2) is 103 Å². The number of ether oxygens (including phenoxy) is 3. The van der Waals surface area contributed by atoms with E-state index in [4.69, 9.17) is 14.2 Å². The summed E-state index contributed by atoms with van der Waals surface area (Å²) >= 11 is 0. The van der Waals surface area contributed by atoms with E-state index in [1.165, 1.54) is 44.8 Å². The van der Waals surface area contributed by atoms with Crippen LogP contribution < -0.4 is 17.7 Å². The lowest BCUT2D eigenvalue weighted by atomic mass is 9.80. The van der Waals surface area contributed by atoms with E-state index in [-0.39, 0.29) is 36.8 Å². The van der Waals surface area contributed by atoms with Gasteiger partial charge >= 0.3 is 0 Å². The molecule has 5 N–H and O–H groups in total. The van der Waals surface area contributed by atoms with Gasteiger partial charge in [0.05, 0.1) is 58.8 Å². The summed E-state index contributed by atoms with van der Waals surface area (Å²) in [7, 11) is 0. The van der Waals surface area contributed by atoms with Gasteiger partial charge in [0.2, 0.25) is 0 Å². The zero-order valence-corrected chi connectivity index (χ0v) is 27.3. The average molecular weight is 649 g/mol. The minimum absolute atomic E-state index is 0. The lowest BCUT2D eigenvalue weighted by Crippen LogP contribution is -3.00. The van der Waals surface area contributed by atoms with Gasteiger partial charge in [-0.15, -0.1) is 0 Å². The minimum atomic E-state index is -0.913. The van der Waals surface area contributed by atoms with E-state index in [0.717, 1.165) is 36.0 Å². The first kappa shape index (κ1) is 36.1. The number of piperidine rings is 3. The first-order valence-electron chi connectivity index (χ1n) is 16.6. The van der Waals surface area contributed by atoms with Crippen molar-refractivity contribution in [3.05, 3.63) is 65.2 Å². The van der Waals surface area contributed by atoms with Gasteiger partial charge in [-0.3, -0.25) is 0 Å². The number of aromatic hydroxyl groups is 1. The third-order valence-corrected chi connectivity index (χ3v) is 10.4. The number of nitrogens with one attached hydrogen (secondary N) is 1. The van der Waals surface area contributed by atoms with Crippen LogP contribution in [0.5, 0.6) is 5.75 Å². The third kappa shape index (κ3) is 9.40. The van der Waals surface area contributed by atoms with Crippen LogP contribution in [0.25, 0.3) is 0 Å². The molecule has 2 aromatic carbocycles. The molecule has 3 heterocycles. The van der Waals surface area contributed by atoms with Crippen LogP contribution in [0.15, 0.2) is 48.5 Å². The number of fused-ring (bicyclic) bond motifs is 3. The summed E-state index contributed by atoms with van der Waals surface area (Å²) < 4.78 is 19.4. The summed E-state index contributed by atoms with van der Waals surface area (Å²) in [4.78, 5) is 0. The van der Waals surface area contributed by atoms with Gasteiger partial charge in [-0.05, 0) is 42.0 Å². The first-order chi connectivity index (χ1) is 21.4. The lowest BCUT2D eigenvalue weighted by Gasteiger charge is -2.52. The zero-order chi connectivity index (χ0) is 30.8. The van der Waals surface area contributed by atoms with Crippen molar-refractivity contribution in [1.82, 2.24) is 5.32 Å². The van der Waals surface area contributed by atoms with Gasteiger partial charge in [0.15, 0.2) is 0 Å². The molecule has 0 spiro atoms. The molecule has 2 bridgehead atoms. The van der Waals surface area contributed by atoms with Crippen molar-refractivity contribution in [2.24, 2.45) is 11.8 Å². The van der Waals surface area contributed by atoms with Crippen molar-refractivity contribution in [1.29, 1.82) is 0 Å². The second-order valence-corrected chi connectivity index (χ2v) is 13.1. The summed E-state index contributed by atoms with van der Waals surface area (Å²) in [5.41, 5.74) is 1.13. The predicted molar refractivity (Wildman–Crippen MR) is 168 cm³/mol. The van der Waals surface area contributed by atoms with E-state index in [1.54, 1.807) is 12.1 Å². The monoisotopic (exact) mass is 648 g/mol. The van der Waals surface area contributed by atoms with Gasteiger partial charge in [0.1, 0.15) is 30.5 Å². The molecule has 6 rings (SSSR count). The van der Waals surface area contributed by atoms with Crippen LogP contribution in [-0.2, 0) is 26.4 Å². The fourth-order valence-corrected chi connectivity index (χ4v) is 7.55. The van der Waals surface area contributed by atoms with Gasteiger partial charge in [0.25, 0.3) is 0 Å². The van der Waals surface area contributed by atoms with Crippen LogP contribution >= 0.6 is 0 Å². The molecule has 1 saturated carbocycles. The number of hydrogen-bond donors (Lipinski definition) is 5. The number of hydrogen-bond acceptors (Lipinski definition) is 8. The van der Waals surface area contributed by atoms with Gasteiger partial charge in [-0.1, -0.05) is 49.2 Å². The largest absolute Gasteiger partial charge is 1.00 e. The summed E-state index contributed by atoms with van der Waals surface area (Å²) in [6, 6.07) is 14.9. The first-order valence-corrected chi connectivity index (χ1v) is 16.6. The van der Waals surface area contributed by atoms with Crippen LogP contribution in [0.4, 0.5) is 0 Å². The molecule has 0 aromatic heterocycles. The molecule has 0 radical (unpaired) electrons. The van der Waals surface area contributed by atoms with Crippen molar-refractivity contribution in [2.45, 2.75) is 62.9 Å². The van der Waals surface area contributed by atoms with E-state index in [9.17, 15) is 20.4 Å². The van der Waals surface area contributed by atoms with E-state index in [2.05, 4.69) is 17.4 Å². The maximum absolute atomic E-state index is 11.9. The number of rotatable bonds is 18. The molecule has 3 atom stereocenters. The number of nitrogens with zero attached hydrogens (tertiary/aromatic N) is 1. The number of benzene rings is 2. The van der Waals surface area contributed by atoms with Crippen molar-refractivity contribution in [3.63, 3.8) is 0 Å². The fraction of sp³-hybridized carbons (Fsp3) is 0.657. The summed E-state index contributed by atoms with van der Waals surface area (Å²) in [5.74, 6) is 0.873. The molecule has 3 aliphatic heterocycles. The van der Waals surface area contributed by atoms with Crippen molar-refractivity contribution in [3.8, 4) is 5.75 Å². The third-order valence-electron chi connectivity index (χ3n) is 10.4.